The topological polar surface area (TPSA) is 90.2 Å². The molecule has 0 atom stereocenters. The molecule has 8 heteroatoms. The number of aryl methyl sites for hydroxylation is 1. The summed E-state index contributed by atoms with van der Waals surface area (Å²) in [5.41, 5.74) is 0.758. The Morgan fingerprint density at radius 1 is 1.30 bits per heavy atom. The SMILES string of the molecule is COC(=O)c1nc2c(C)cc(N(C)C)cn2c(=O)c1OC(C)=O. The van der Waals surface area contributed by atoms with Gasteiger partial charge in [0.05, 0.1) is 12.8 Å². The standard InChI is InChI=1S/C15H17N3O5/c1-8-6-10(17(3)4)7-18-13(8)16-11(15(21)22-5)12(14(18)20)23-9(2)19/h6-7H,1-5H3. The van der Waals surface area contributed by atoms with Crippen LogP contribution in [-0.2, 0) is 9.53 Å². The van der Waals surface area contributed by atoms with Gasteiger partial charge in [-0.1, -0.05) is 0 Å². The Morgan fingerprint density at radius 3 is 2.48 bits per heavy atom. The minimum absolute atomic E-state index is 0.289. The molecular weight excluding hydrogens is 302 g/mol. The lowest BCUT2D eigenvalue weighted by molar-refractivity contribution is -0.132. The van der Waals surface area contributed by atoms with Crippen LogP contribution in [0.15, 0.2) is 17.1 Å². The second kappa shape index (κ2) is 6.07. The summed E-state index contributed by atoms with van der Waals surface area (Å²) in [7, 11) is 4.81. The molecule has 2 aromatic heterocycles. The van der Waals surface area contributed by atoms with E-state index in [0.29, 0.717) is 5.56 Å². The van der Waals surface area contributed by atoms with E-state index < -0.39 is 23.2 Å². The van der Waals surface area contributed by atoms with Crippen molar-refractivity contribution in [2.45, 2.75) is 13.8 Å². The highest BCUT2D eigenvalue weighted by atomic mass is 16.5. The summed E-state index contributed by atoms with van der Waals surface area (Å²) in [4.78, 5) is 41.7. The Bertz CT molecular complexity index is 854. The molecule has 0 aromatic carbocycles. The Kier molecular flexibility index (Phi) is 4.35. The molecule has 0 bridgehead atoms. The zero-order valence-electron chi connectivity index (χ0n) is 13.5. The van der Waals surface area contributed by atoms with E-state index in [-0.39, 0.29) is 11.3 Å². The van der Waals surface area contributed by atoms with E-state index in [4.69, 9.17) is 4.74 Å². The van der Waals surface area contributed by atoms with Gasteiger partial charge in [-0.15, -0.1) is 0 Å². The summed E-state index contributed by atoms with van der Waals surface area (Å²) in [6.45, 7) is 2.90. The summed E-state index contributed by atoms with van der Waals surface area (Å²) in [6.07, 6.45) is 1.56. The van der Waals surface area contributed by atoms with Crippen molar-refractivity contribution in [1.29, 1.82) is 0 Å². The molecule has 2 rings (SSSR count). The molecule has 0 fully saturated rings. The maximum absolute atomic E-state index is 12.7. The zero-order chi connectivity index (χ0) is 17.3. The number of hydrogen-bond donors (Lipinski definition) is 0. The number of esters is 2. The molecule has 0 spiro atoms. The molecule has 0 radical (unpaired) electrons. The maximum atomic E-state index is 12.7. The van der Waals surface area contributed by atoms with Gasteiger partial charge < -0.3 is 14.4 Å². The molecule has 0 aliphatic carbocycles. The number of methoxy groups -OCH3 is 1. The summed E-state index contributed by atoms with van der Waals surface area (Å²) >= 11 is 0. The highest BCUT2D eigenvalue weighted by Crippen LogP contribution is 2.20. The zero-order valence-corrected chi connectivity index (χ0v) is 13.5. The van der Waals surface area contributed by atoms with Crippen molar-refractivity contribution in [3.05, 3.63) is 33.9 Å². The first kappa shape index (κ1) is 16.5. The number of ether oxygens (including phenoxy) is 2. The van der Waals surface area contributed by atoms with Gasteiger partial charge in [0.25, 0.3) is 0 Å². The van der Waals surface area contributed by atoms with E-state index in [2.05, 4.69) is 9.72 Å². The first-order valence-electron chi connectivity index (χ1n) is 6.77. The molecule has 0 N–H and O–H groups in total. The molecule has 8 nitrogen and oxygen atoms in total. The van der Waals surface area contributed by atoms with E-state index in [1.807, 2.05) is 25.1 Å². The number of fused-ring (bicyclic) bond motifs is 1. The molecule has 0 aliphatic heterocycles. The van der Waals surface area contributed by atoms with E-state index in [1.165, 1.54) is 4.40 Å². The molecule has 0 aliphatic rings. The van der Waals surface area contributed by atoms with Crippen LogP contribution in [0.3, 0.4) is 0 Å². The van der Waals surface area contributed by atoms with Gasteiger partial charge in [-0.3, -0.25) is 14.0 Å². The number of rotatable bonds is 3. The Morgan fingerprint density at radius 2 is 1.96 bits per heavy atom. The number of anilines is 1. The van der Waals surface area contributed by atoms with Crippen LogP contribution in [0.1, 0.15) is 23.0 Å². The molecule has 0 saturated heterocycles. The van der Waals surface area contributed by atoms with E-state index >= 15 is 0 Å². The first-order chi connectivity index (χ1) is 10.8. The smallest absolute Gasteiger partial charge is 0.360 e. The lowest BCUT2D eigenvalue weighted by Crippen LogP contribution is -2.25. The van der Waals surface area contributed by atoms with Gasteiger partial charge in [-0.25, -0.2) is 9.78 Å². The second-order valence-electron chi connectivity index (χ2n) is 5.15. The molecule has 2 aromatic rings. The second-order valence-corrected chi connectivity index (χ2v) is 5.15. The van der Waals surface area contributed by atoms with Crippen molar-refractivity contribution in [2.24, 2.45) is 0 Å². The van der Waals surface area contributed by atoms with Gasteiger partial charge >= 0.3 is 17.5 Å². The van der Waals surface area contributed by atoms with Crippen molar-refractivity contribution in [1.82, 2.24) is 9.38 Å². The predicted octanol–water partition coefficient (Wildman–Crippen LogP) is 0.781. The van der Waals surface area contributed by atoms with Crippen molar-refractivity contribution >= 4 is 23.3 Å². The van der Waals surface area contributed by atoms with Crippen LogP contribution in [0.25, 0.3) is 5.65 Å². The van der Waals surface area contributed by atoms with Gasteiger partial charge in [0.1, 0.15) is 5.65 Å². The van der Waals surface area contributed by atoms with Crippen molar-refractivity contribution in [2.75, 3.05) is 26.1 Å². The van der Waals surface area contributed by atoms with Crippen LogP contribution < -0.4 is 15.2 Å². The number of carbonyl (C=O) groups is 2. The fourth-order valence-corrected chi connectivity index (χ4v) is 2.09. The van der Waals surface area contributed by atoms with E-state index in [9.17, 15) is 14.4 Å². The van der Waals surface area contributed by atoms with Crippen molar-refractivity contribution < 1.29 is 19.1 Å². The average Bonchev–Trinajstić information content (AvgIpc) is 2.48. The summed E-state index contributed by atoms with van der Waals surface area (Å²) in [5, 5.41) is 0. The van der Waals surface area contributed by atoms with Crippen LogP contribution in [0, 0.1) is 6.92 Å². The van der Waals surface area contributed by atoms with Crippen LogP contribution in [0.5, 0.6) is 5.75 Å². The van der Waals surface area contributed by atoms with Gasteiger partial charge in [-0.2, -0.15) is 0 Å². The lowest BCUT2D eigenvalue weighted by Gasteiger charge is -2.16. The number of pyridine rings is 1. The fraction of sp³-hybridized carbons (Fsp3) is 0.333. The maximum Gasteiger partial charge on any atom is 0.360 e. The summed E-state index contributed by atoms with van der Waals surface area (Å²) < 4.78 is 10.8. The monoisotopic (exact) mass is 319 g/mol. The molecule has 2 heterocycles. The first-order valence-corrected chi connectivity index (χ1v) is 6.77. The fourth-order valence-electron chi connectivity index (χ4n) is 2.09. The largest absolute Gasteiger partial charge is 0.464 e. The van der Waals surface area contributed by atoms with Crippen LogP contribution in [-0.4, -0.2) is 42.5 Å². The number of aromatic nitrogens is 2. The Labute approximate surface area is 132 Å². The van der Waals surface area contributed by atoms with Gasteiger partial charge in [0, 0.05) is 27.2 Å². The third kappa shape index (κ3) is 3.01. The highest BCUT2D eigenvalue weighted by molar-refractivity contribution is 5.91. The quantitative estimate of drug-likeness (QED) is 0.772. The average molecular weight is 319 g/mol. The van der Waals surface area contributed by atoms with Gasteiger partial charge in [-0.05, 0) is 18.6 Å². The Hall–Kier alpha value is -2.90. The Balaban J connectivity index is 2.89. The predicted molar refractivity (Wildman–Crippen MR) is 83.2 cm³/mol. The molecule has 122 valence electrons. The van der Waals surface area contributed by atoms with Gasteiger partial charge in [0.2, 0.25) is 5.75 Å². The number of carbonyl (C=O) groups excluding carboxylic acids is 2. The van der Waals surface area contributed by atoms with Crippen LogP contribution in [0.4, 0.5) is 5.69 Å². The van der Waals surface area contributed by atoms with Crippen LogP contribution >= 0.6 is 0 Å². The third-order valence-corrected chi connectivity index (χ3v) is 3.19. The minimum Gasteiger partial charge on any atom is -0.464 e. The minimum atomic E-state index is -0.850. The van der Waals surface area contributed by atoms with E-state index in [1.54, 1.807) is 13.1 Å². The highest BCUT2D eigenvalue weighted by Gasteiger charge is 2.23. The van der Waals surface area contributed by atoms with Gasteiger partial charge in [0.15, 0.2) is 5.69 Å². The van der Waals surface area contributed by atoms with Crippen LogP contribution in [0.2, 0.25) is 0 Å². The lowest BCUT2D eigenvalue weighted by atomic mass is 10.2. The molecule has 0 amide bonds. The van der Waals surface area contributed by atoms with Crippen molar-refractivity contribution in [3.63, 3.8) is 0 Å². The van der Waals surface area contributed by atoms with Crippen molar-refractivity contribution in [3.8, 4) is 5.75 Å². The third-order valence-electron chi connectivity index (χ3n) is 3.19. The molecule has 23 heavy (non-hydrogen) atoms. The number of hydrogen-bond acceptors (Lipinski definition) is 7. The molecule has 0 unspecified atom stereocenters. The summed E-state index contributed by atoms with van der Waals surface area (Å²) in [6, 6.07) is 1.83. The molecular formula is C15H17N3O5. The number of nitrogens with zero attached hydrogens (tertiary/aromatic N) is 3. The van der Waals surface area contributed by atoms with E-state index in [0.717, 1.165) is 19.7 Å². The summed E-state index contributed by atoms with van der Waals surface area (Å²) in [5.74, 6) is -2.02. The molecule has 0 saturated carbocycles. The normalized spacial score (nSPS) is 10.5.